The minimum atomic E-state index is -0.557. The monoisotopic (exact) mass is 351 g/mol. The Bertz CT molecular complexity index is 1080. The van der Waals surface area contributed by atoms with Crippen LogP contribution in [0.2, 0.25) is 5.02 Å². The van der Waals surface area contributed by atoms with Crippen molar-refractivity contribution in [2.75, 3.05) is 0 Å². The number of nitrogens with zero attached hydrogens (tertiary/aromatic N) is 2. The van der Waals surface area contributed by atoms with Crippen LogP contribution in [-0.4, -0.2) is 15.7 Å². The molecule has 0 atom stereocenters. The maximum absolute atomic E-state index is 12.7. The molecule has 0 spiro atoms. The Hall–Kier alpha value is -3.43. The summed E-state index contributed by atoms with van der Waals surface area (Å²) in [6.45, 7) is 0. The summed E-state index contributed by atoms with van der Waals surface area (Å²) in [5, 5.41) is 21.6. The van der Waals surface area contributed by atoms with Crippen molar-refractivity contribution in [1.82, 2.24) is 4.98 Å². The van der Waals surface area contributed by atoms with Gasteiger partial charge in [0.2, 0.25) is 5.78 Å². The predicted octanol–water partition coefficient (Wildman–Crippen LogP) is 4.52. The molecular weight excluding hydrogens is 342 g/mol. The zero-order valence-electron chi connectivity index (χ0n) is 12.7. The average molecular weight is 352 g/mol. The summed E-state index contributed by atoms with van der Waals surface area (Å²) in [6, 6.07) is 12.8. The zero-order chi connectivity index (χ0) is 18.0. The van der Waals surface area contributed by atoms with Crippen LogP contribution in [0.4, 0.5) is 5.69 Å². The lowest BCUT2D eigenvalue weighted by atomic mass is 10.0. The molecule has 0 bridgehead atoms. The van der Waals surface area contributed by atoms with Crippen LogP contribution in [0.3, 0.4) is 0 Å². The number of carbonyl (C=O) groups is 1. The Kier molecular flexibility index (Phi) is 4.33. The summed E-state index contributed by atoms with van der Waals surface area (Å²) < 4.78 is 0. The van der Waals surface area contributed by atoms with Crippen LogP contribution in [0.1, 0.15) is 15.9 Å². The van der Waals surface area contributed by atoms with Gasteiger partial charge in [-0.1, -0.05) is 29.8 Å². The fourth-order valence-corrected chi connectivity index (χ4v) is 2.68. The lowest BCUT2D eigenvalue weighted by Gasteiger charge is -2.00. The number of rotatable bonds is 4. The number of fused-ring (bicyclic) bond motifs is 1. The highest BCUT2D eigenvalue weighted by Gasteiger charge is 2.19. The molecule has 0 fully saturated rings. The zero-order valence-corrected chi connectivity index (χ0v) is 13.4. The Morgan fingerprint density at radius 1 is 1.28 bits per heavy atom. The number of nitro groups is 1. The summed E-state index contributed by atoms with van der Waals surface area (Å²) in [5.74, 6) is -0.519. The van der Waals surface area contributed by atoms with Crippen LogP contribution in [0, 0.1) is 21.4 Å². The van der Waals surface area contributed by atoms with Crippen molar-refractivity contribution in [3.05, 3.63) is 80.5 Å². The summed E-state index contributed by atoms with van der Waals surface area (Å²) in [6.07, 6.45) is 2.73. The number of aromatic nitrogens is 1. The van der Waals surface area contributed by atoms with E-state index in [1.54, 1.807) is 24.3 Å². The molecule has 0 amide bonds. The molecule has 2 aromatic carbocycles. The molecule has 0 aliphatic heterocycles. The Balaban J connectivity index is 2.08. The first-order valence-electron chi connectivity index (χ1n) is 7.18. The molecule has 0 aliphatic carbocycles. The maximum Gasteiger partial charge on any atom is 0.276 e. The second kappa shape index (κ2) is 6.59. The van der Waals surface area contributed by atoms with Crippen molar-refractivity contribution in [1.29, 1.82) is 5.26 Å². The van der Waals surface area contributed by atoms with Gasteiger partial charge in [-0.3, -0.25) is 14.9 Å². The Morgan fingerprint density at radius 3 is 2.76 bits per heavy atom. The van der Waals surface area contributed by atoms with Crippen LogP contribution in [0.15, 0.2) is 54.2 Å². The van der Waals surface area contributed by atoms with E-state index < -0.39 is 10.7 Å². The molecule has 3 aromatic rings. The van der Waals surface area contributed by atoms with Crippen molar-refractivity contribution in [3.8, 4) is 6.07 Å². The van der Waals surface area contributed by atoms with Crippen LogP contribution in [0.25, 0.3) is 17.0 Å². The third kappa shape index (κ3) is 3.13. The highest BCUT2D eigenvalue weighted by Crippen LogP contribution is 2.26. The number of Topliss-reactive ketones (excluding diaryl/α,β-unsaturated/α-hetero) is 1. The number of H-pyrrole nitrogens is 1. The number of carbonyl (C=O) groups excluding carboxylic acids is 1. The number of hydrogen-bond acceptors (Lipinski definition) is 4. The van der Waals surface area contributed by atoms with Gasteiger partial charge in [-0.2, -0.15) is 5.26 Å². The number of aromatic amines is 1. The molecule has 0 saturated heterocycles. The van der Waals surface area contributed by atoms with E-state index in [2.05, 4.69) is 4.98 Å². The fraction of sp³-hybridized carbons (Fsp3) is 0. The van der Waals surface area contributed by atoms with Crippen molar-refractivity contribution in [3.63, 3.8) is 0 Å². The lowest BCUT2D eigenvalue weighted by molar-refractivity contribution is -0.385. The van der Waals surface area contributed by atoms with Crippen LogP contribution in [0.5, 0.6) is 0 Å². The molecule has 7 heteroatoms. The molecule has 1 N–H and O–H groups in total. The molecule has 0 saturated carbocycles. The van der Waals surface area contributed by atoms with Crippen LogP contribution >= 0.6 is 11.6 Å². The van der Waals surface area contributed by atoms with Crippen molar-refractivity contribution < 1.29 is 9.72 Å². The van der Waals surface area contributed by atoms with E-state index in [-0.39, 0.29) is 16.8 Å². The minimum Gasteiger partial charge on any atom is -0.360 e. The van der Waals surface area contributed by atoms with E-state index in [1.165, 1.54) is 30.5 Å². The minimum absolute atomic E-state index is 0.172. The third-order valence-corrected chi connectivity index (χ3v) is 3.92. The fourth-order valence-electron chi connectivity index (χ4n) is 2.51. The van der Waals surface area contributed by atoms with Crippen molar-refractivity contribution >= 4 is 40.1 Å². The quantitative estimate of drug-likeness (QED) is 0.245. The lowest BCUT2D eigenvalue weighted by Crippen LogP contribution is -2.01. The first-order chi connectivity index (χ1) is 12.0. The van der Waals surface area contributed by atoms with Gasteiger partial charge in [0, 0.05) is 33.8 Å². The molecule has 0 aliphatic rings. The topological polar surface area (TPSA) is 99.8 Å². The molecular formula is C18H10ClN3O3. The average Bonchev–Trinajstić information content (AvgIpc) is 3.02. The number of para-hydroxylation sites is 1. The molecule has 122 valence electrons. The first kappa shape index (κ1) is 16.4. The predicted molar refractivity (Wildman–Crippen MR) is 94.3 cm³/mol. The normalized spacial score (nSPS) is 11.3. The molecule has 3 rings (SSSR count). The Labute approximate surface area is 147 Å². The van der Waals surface area contributed by atoms with Crippen LogP contribution < -0.4 is 0 Å². The molecule has 0 unspecified atom stereocenters. The van der Waals surface area contributed by atoms with Crippen molar-refractivity contribution in [2.24, 2.45) is 0 Å². The SMILES string of the molecule is N#C/C(=C\c1ccccc1[N+](=O)[O-])C(=O)c1c[nH]c2cc(Cl)ccc12. The van der Waals surface area contributed by atoms with Gasteiger partial charge < -0.3 is 4.98 Å². The largest absolute Gasteiger partial charge is 0.360 e. The number of allylic oxidation sites excluding steroid dienone is 1. The van der Waals surface area contributed by atoms with Gasteiger partial charge in [-0.25, -0.2) is 0 Å². The number of halogens is 1. The van der Waals surface area contributed by atoms with E-state index >= 15 is 0 Å². The molecule has 1 heterocycles. The van der Waals surface area contributed by atoms with E-state index in [9.17, 15) is 20.2 Å². The van der Waals surface area contributed by atoms with Gasteiger partial charge in [-0.15, -0.1) is 0 Å². The second-order valence-corrected chi connectivity index (χ2v) is 5.64. The van der Waals surface area contributed by atoms with Gasteiger partial charge in [0.25, 0.3) is 5.69 Å². The number of nitro benzene ring substituents is 1. The third-order valence-electron chi connectivity index (χ3n) is 3.69. The number of hydrogen-bond donors (Lipinski definition) is 1. The number of nitriles is 1. The Morgan fingerprint density at radius 2 is 2.04 bits per heavy atom. The second-order valence-electron chi connectivity index (χ2n) is 5.21. The number of nitrogens with one attached hydrogen (secondary N) is 1. The summed E-state index contributed by atoms with van der Waals surface area (Å²) in [5.41, 5.74) is 0.802. The van der Waals surface area contributed by atoms with Gasteiger partial charge in [0.05, 0.1) is 10.5 Å². The highest BCUT2D eigenvalue weighted by molar-refractivity contribution is 6.31. The van der Waals surface area contributed by atoms with Crippen molar-refractivity contribution in [2.45, 2.75) is 0 Å². The summed E-state index contributed by atoms with van der Waals surface area (Å²) >= 11 is 5.92. The van der Waals surface area contributed by atoms with E-state index in [4.69, 9.17) is 11.6 Å². The molecule has 25 heavy (non-hydrogen) atoms. The smallest absolute Gasteiger partial charge is 0.276 e. The first-order valence-corrected chi connectivity index (χ1v) is 7.55. The van der Waals surface area contributed by atoms with Gasteiger partial charge in [-0.05, 0) is 24.3 Å². The maximum atomic E-state index is 12.7. The van der Waals surface area contributed by atoms with Gasteiger partial charge in [0.15, 0.2) is 0 Å². The summed E-state index contributed by atoms with van der Waals surface area (Å²) in [4.78, 5) is 26.2. The molecule has 6 nitrogen and oxygen atoms in total. The molecule has 0 radical (unpaired) electrons. The summed E-state index contributed by atoms with van der Waals surface area (Å²) in [7, 11) is 0. The van der Waals surface area contributed by atoms with E-state index in [0.29, 0.717) is 21.5 Å². The van der Waals surface area contributed by atoms with Crippen LogP contribution in [-0.2, 0) is 0 Å². The standard InChI is InChI=1S/C18H10ClN3O3/c19-13-5-6-14-15(10-21-16(14)8-13)18(23)12(9-20)7-11-3-1-2-4-17(11)22(24)25/h1-8,10,21H/b12-7+. The van der Waals surface area contributed by atoms with E-state index in [0.717, 1.165) is 0 Å². The highest BCUT2D eigenvalue weighted by atomic mass is 35.5. The number of benzene rings is 2. The number of ketones is 1. The van der Waals surface area contributed by atoms with Gasteiger partial charge >= 0.3 is 0 Å². The van der Waals surface area contributed by atoms with Gasteiger partial charge in [0.1, 0.15) is 11.6 Å². The molecule has 1 aromatic heterocycles. The van der Waals surface area contributed by atoms with E-state index in [1.807, 2.05) is 6.07 Å².